The van der Waals surface area contributed by atoms with E-state index >= 15 is 0 Å². The first-order valence-corrected chi connectivity index (χ1v) is 6.95. The van der Waals surface area contributed by atoms with Gasteiger partial charge in [0, 0.05) is 19.6 Å². The van der Waals surface area contributed by atoms with Crippen molar-refractivity contribution in [1.29, 1.82) is 0 Å². The van der Waals surface area contributed by atoms with E-state index in [4.69, 9.17) is 5.73 Å². The molecule has 1 heterocycles. The second kappa shape index (κ2) is 8.68. The Bertz CT molecular complexity index is 536. The van der Waals surface area contributed by atoms with E-state index in [0.29, 0.717) is 25.3 Å². The number of hydrogen-bond acceptors (Lipinski definition) is 4. The highest BCUT2D eigenvalue weighted by molar-refractivity contribution is 5.85. The van der Waals surface area contributed by atoms with Gasteiger partial charge in [0.2, 0.25) is 0 Å². The largest absolute Gasteiger partial charge is 0.383 e. The first-order chi connectivity index (χ1) is 9.08. The monoisotopic (exact) mass is 304 g/mol. The van der Waals surface area contributed by atoms with Gasteiger partial charge in [-0.3, -0.25) is 13.9 Å². The van der Waals surface area contributed by atoms with Crippen LogP contribution in [0.25, 0.3) is 0 Å². The summed E-state index contributed by atoms with van der Waals surface area (Å²) >= 11 is 0. The molecule has 20 heavy (non-hydrogen) atoms. The number of unbranched alkanes of at least 4 members (excludes halogenated alkanes) is 1. The summed E-state index contributed by atoms with van der Waals surface area (Å²) < 4.78 is 2.69. The van der Waals surface area contributed by atoms with E-state index in [-0.39, 0.29) is 29.5 Å². The number of nitrogens with two attached hydrogens (primary N) is 1. The molecule has 0 spiro atoms. The van der Waals surface area contributed by atoms with Crippen molar-refractivity contribution in [2.75, 3.05) is 17.6 Å². The molecule has 6 nitrogen and oxygen atoms in total. The molecule has 0 saturated carbocycles. The molecule has 7 heteroatoms. The number of nitrogens with zero attached hydrogens (tertiary/aromatic N) is 2. The number of halogens is 1. The van der Waals surface area contributed by atoms with E-state index in [1.54, 1.807) is 6.92 Å². The van der Waals surface area contributed by atoms with Crippen molar-refractivity contribution in [3.05, 3.63) is 20.8 Å². The molecule has 1 rings (SSSR count). The van der Waals surface area contributed by atoms with Crippen LogP contribution in [0.1, 0.15) is 40.0 Å². The summed E-state index contributed by atoms with van der Waals surface area (Å²) in [4.78, 5) is 24.3. The van der Waals surface area contributed by atoms with Crippen LogP contribution in [-0.4, -0.2) is 15.7 Å². The normalized spacial score (nSPS) is 10.2. The standard InChI is InChI=1S/C13H24N4O2.ClH/c1-4-7-8-15-10-11(14)17(9-5-2)13(19)16(6-3)12(10)18;/h15H,4-9,14H2,1-3H3;1H. The van der Waals surface area contributed by atoms with E-state index in [0.717, 1.165) is 19.3 Å². The lowest BCUT2D eigenvalue weighted by Crippen LogP contribution is -2.42. The molecule has 0 fully saturated rings. The van der Waals surface area contributed by atoms with Crippen molar-refractivity contribution in [2.45, 2.75) is 53.1 Å². The molecule has 0 aliphatic carbocycles. The van der Waals surface area contributed by atoms with Crippen LogP contribution in [0.4, 0.5) is 11.5 Å². The minimum atomic E-state index is -0.326. The number of hydrogen-bond donors (Lipinski definition) is 2. The van der Waals surface area contributed by atoms with Gasteiger partial charge >= 0.3 is 5.69 Å². The molecule has 0 unspecified atom stereocenters. The molecule has 0 atom stereocenters. The van der Waals surface area contributed by atoms with Gasteiger partial charge in [0.1, 0.15) is 11.5 Å². The highest BCUT2D eigenvalue weighted by Gasteiger charge is 2.15. The third-order valence-corrected chi connectivity index (χ3v) is 3.06. The zero-order valence-electron chi connectivity index (χ0n) is 12.4. The van der Waals surface area contributed by atoms with Crippen LogP contribution in [0.15, 0.2) is 9.59 Å². The van der Waals surface area contributed by atoms with Crippen LogP contribution in [-0.2, 0) is 13.1 Å². The lowest BCUT2D eigenvalue weighted by Gasteiger charge is -2.16. The summed E-state index contributed by atoms with van der Waals surface area (Å²) in [6.07, 6.45) is 2.78. The molecule has 0 aromatic carbocycles. The first kappa shape index (κ1) is 18.6. The van der Waals surface area contributed by atoms with E-state index in [1.165, 1.54) is 9.13 Å². The average molecular weight is 305 g/mol. The third-order valence-electron chi connectivity index (χ3n) is 3.06. The van der Waals surface area contributed by atoms with Gasteiger partial charge in [0.15, 0.2) is 0 Å². The molecule has 1 aromatic heterocycles. The van der Waals surface area contributed by atoms with Crippen molar-refractivity contribution in [2.24, 2.45) is 0 Å². The van der Waals surface area contributed by atoms with Crippen molar-refractivity contribution >= 4 is 23.9 Å². The summed E-state index contributed by atoms with van der Waals surface area (Å²) in [6, 6.07) is 0. The maximum Gasteiger partial charge on any atom is 0.332 e. The minimum Gasteiger partial charge on any atom is -0.383 e. The summed E-state index contributed by atoms with van der Waals surface area (Å²) in [7, 11) is 0. The van der Waals surface area contributed by atoms with Gasteiger partial charge in [-0.1, -0.05) is 20.3 Å². The van der Waals surface area contributed by atoms with Crippen LogP contribution >= 0.6 is 12.4 Å². The molecule has 3 N–H and O–H groups in total. The van der Waals surface area contributed by atoms with Crippen molar-refractivity contribution in [1.82, 2.24) is 9.13 Å². The van der Waals surface area contributed by atoms with Gasteiger partial charge in [-0.15, -0.1) is 12.4 Å². The van der Waals surface area contributed by atoms with E-state index < -0.39 is 0 Å². The molecule has 0 saturated heterocycles. The Morgan fingerprint density at radius 2 is 1.75 bits per heavy atom. The number of anilines is 2. The Balaban J connectivity index is 0.00000361. The molecule has 1 aromatic rings. The maximum absolute atomic E-state index is 12.2. The SMILES string of the molecule is CCCCNc1c(N)n(CCC)c(=O)n(CC)c1=O.Cl. The van der Waals surface area contributed by atoms with Crippen molar-refractivity contribution in [3.63, 3.8) is 0 Å². The lowest BCUT2D eigenvalue weighted by molar-refractivity contribution is 0.570. The summed E-state index contributed by atoms with van der Waals surface area (Å²) in [5.41, 5.74) is 5.66. The molecular weight excluding hydrogens is 280 g/mol. The predicted molar refractivity (Wildman–Crippen MR) is 86.0 cm³/mol. The Labute approximate surface area is 125 Å². The van der Waals surface area contributed by atoms with Gasteiger partial charge in [-0.05, 0) is 19.8 Å². The van der Waals surface area contributed by atoms with Crippen LogP contribution in [0, 0.1) is 0 Å². The number of nitrogens with one attached hydrogen (secondary N) is 1. The lowest BCUT2D eigenvalue weighted by atomic mass is 10.3. The Morgan fingerprint density at radius 3 is 2.25 bits per heavy atom. The van der Waals surface area contributed by atoms with Crippen LogP contribution < -0.4 is 22.3 Å². The van der Waals surface area contributed by atoms with Gasteiger partial charge < -0.3 is 11.1 Å². The molecule has 0 aliphatic rings. The zero-order valence-corrected chi connectivity index (χ0v) is 13.3. The summed E-state index contributed by atoms with van der Waals surface area (Å²) in [5.74, 6) is 0.248. The third kappa shape index (κ3) is 3.79. The number of rotatable bonds is 7. The molecule has 116 valence electrons. The Morgan fingerprint density at radius 1 is 1.10 bits per heavy atom. The highest BCUT2D eigenvalue weighted by Crippen LogP contribution is 2.11. The predicted octanol–water partition coefficient (Wildman–Crippen LogP) is 1.66. The highest BCUT2D eigenvalue weighted by atomic mass is 35.5. The summed E-state index contributed by atoms with van der Waals surface area (Å²) in [6.45, 7) is 7.39. The Hall–Kier alpha value is -1.43. The van der Waals surface area contributed by atoms with Crippen molar-refractivity contribution in [3.8, 4) is 0 Å². The minimum absolute atomic E-state index is 0. The van der Waals surface area contributed by atoms with Gasteiger partial charge in [-0.2, -0.15) is 0 Å². The smallest absolute Gasteiger partial charge is 0.332 e. The summed E-state index contributed by atoms with van der Waals surface area (Å²) in [5, 5.41) is 3.06. The quantitative estimate of drug-likeness (QED) is 0.751. The van der Waals surface area contributed by atoms with Crippen LogP contribution in [0.2, 0.25) is 0 Å². The number of aromatic nitrogens is 2. The molecule has 0 bridgehead atoms. The van der Waals surface area contributed by atoms with Crippen LogP contribution in [0.5, 0.6) is 0 Å². The van der Waals surface area contributed by atoms with Gasteiger partial charge in [0.05, 0.1) is 0 Å². The Kier molecular flexibility index (Phi) is 8.06. The first-order valence-electron chi connectivity index (χ1n) is 6.95. The van der Waals surface area contributed by atoms with Crippen molar-refractivity contribution < 1.29 is 0 Å². The molecule has 0 amide bonds. The van der Waals surface area contributed by atoms with E-state index in [9.17, 15) is 9.59 Å². The van der Waals surface area contributed by atoms with E-state index in [1.807, 2.05) is 6.92 Å². The molecular formula is C13H25ClN4O2. The van der Waals surface area contributed by atoms with Gasteiger partial charge in [-0.25, -0.2) is 4.79 Å². The average Bonchev–Trinajstić information content (AvgIpc) is 2.39. The second-order valence-electron chi connectivity index (χ2n) is 4.52. The maximum atomic E-state index is 12.2. The second-order valence-corrected chi connectivity index (χ2v) is 4.52. The van der Waals surface area contributed by atoms with Gasteiger partial charge in [0.25, 0.3) is 5.56 Å². The topological polar surface area (TPSA) is 82.0 Å². The van der Waals surface area contributed by atoms with E-state index in [2.05, 4.69) is 12.2 Å². The molecule has 0 aliphatic heterocycles. The van der Waals surface area contributed by atoms with Crippen LogP contribution in [0.3, 0.4) is 0 Å². The fraction of sp³-hybridized carbons (Fsp3) is 0.692. The fourth-order valence-electron chi connectivity index (χ4n) is 1.99. The molecule has 0 radical (unpaired) electrons. The fourth-order valence-corrected chi connectivity index (χ4v) is 1.99. The zero-order chi connectivity index (χ0) is 14.4. The number of nitrogen functional groups attached to an aromatic ring is 1.